The minimum atomic E-state index is -3.98. The Bertz CT molecular complexity index is 1360. The van der Waals surface area contributed by atoms with Crippen LogP contribution in [0.1, 0.15) is 22.3 Å². The number of aryl methyl sites for hydroxylation is 2. The van der Waals surface area contributed by atoms with E-state index in [1.165, 1.54) is 4.31 Å². The molecule has 1 amide bonds. The van der Waals surface area contributed by atoms with Crippen molar-refractivity contribution in [1.29, 1.82) is 0 Å². The van der Waals surface area contributed by atoms with Crippen LogP contribution < -0.4 is 4.31 Å². The number of anilines is 1. The van der Waals surface area contributed by atoms with Crippen LogP contribution in [0.5, 0.6) is 0 Å². The van der Waals surface area contributed by atoms with Crippen molar-refractivity contribution in [2.45, 2.75) is 31.8 Å². The smallest absolute Gasteiger partial charge is 0.264 e. The van der Waals surface area contributed by atoms with Crippen molar-refractivity contribution in [3.05, 3.63) is 131 Å². The van der Waals surface area contributed by atoms with Crippen LogP contribution in [0, 0.1) is 13.8 Å². The van der Waals surface area contributed by atoms with E-state index in [9.17, 15) is 13.2 Å². The SMILES string of the molecule is Cc1ccc(S(=O)(=O)N(CC(=O)N(Cc2ccccc2)Cc2ccccc2)c2cccc(C)c2)cc1. The van der Waals surface area contributed by atoms with E-state index in [0.29, 0.717) is 18.8 Å². The molecule has 0 bridgehead atoms. The summed E-state index contributed by atoms with van der Waals surface area (Å²) in [6.45, 7) is 4.25. The molecule has 0 aliphatic heterocycles. The molecule has 0 aliphatic rings. The number of rotatable bonds is 9. The molecule has 0 heterocycles. The van der Waals surface area contributed by atoms with Crippen LogP contribution in [0.25, 0.3) is 0 Å². The monoisotopic (exact) mass is 498 g/mol. The molecular weight excluding hydrogens is 468 g/mol. The Hall–Kier alpha value is -3.90. The second-order valence-corrected chi connectivity index (χ2v) is 10.7. The summed E-state index contributed by atoms with van der Waals surface area (Å²) in [5, 5.41) is 0. The molecule has 0 saturated heterocycles. The molecule has 0 radical (unpaired) electrons. The van der Waals surface area contributed by atoms with Crippen molar-refractivity contribution in [2.24, 2.45) is 0 Å². The van der Waals surface area contributed by atoms with Gasteiger partial charge in [0.2, 0.25) is 5.91 Å². The summed E-state index contributed by atoms with van der Waals surface area (Å²) in [6, 6.07) is 33.4. The number of benzene rings is 4. The first-order valence-electron chi connectivity index (χ1n) is 11.8. The van der Waals surface area contributed by atoms with E-state index in [1.807, 2.05) is 80.6 Å². The van der Waals surface area contributed by atoms with Crippen LogP contribution in [0.15, 0.2) is 114 Å². The molecule has 5 nitrogen and oxygen atoms in total. The maximum Gasteiger partial charge on any atom is 0.264 e. The molecule has 4 aromatic rings. The zero-order chi connectivity index (χ0) is 25.5. The second kappa shape index (κ2) is 11.2. The Morgan fingerprint density at radius 2 is 1.22 bits per heavy atom. The third kappa shape index (κ3) is 6.20. The molecule has 0 spiro atoms. The van der Waals surface area contributed by atoms with Gasteiger partial charge < -0.3 is 4.90 Å². The number of sulfonamides is 1. The summed E-state index contributed by atoms with van der Waals surface area (Å²) in [7, 11) is -3.98. The first-order valence-corrected chi connectivity index (χ1v) is 13.3. The number of nitrogens with zero attached hydrogens (tertiary/aromatic N) is 2. The van der Waals surface area contributed by atoms with Crippen LogP contribution >= 0.6 is 0 Å². The van der Waals surface area contributed by atoms with Gasteiger partial charge in [-0.3, -0.25) is 9.10 Å². The number of carbonyl (C=O) groups is 1. The second-order valence-electron chi connectivity index (χ2n) is 8.88. The molecule has 0 atom stereocenters. The Morgan fingerprint density at radius 1 is 0.667 bits per heavy atom. The van der Waals surface area contributed by atoms with Crippen molar-refractivity contribution >= 4 is 21.6 Å². The average Bonchev–Trinajstić information content (AvgIpc) is 2.88. The van der Waals surface area contributed by atoms with Gasteiger partial charge in [-0.25, -0.2) is 8.42 Å². The number of amides is 1. The minimum Gasteiger partial charge on any atom is -0.332 e. The van der Waals surface area contributed by atoms with Gasteiger partial charge in [0.05, 0.1) is 10.6 Å². The fraction of sp³-hybridized carbons (Fsp3) is 0.167. The number of hydrogen-bond donors (Lipinski definition) is 0. The zero-order valence-electron chi connectivity index (χ0n) is 20.5. The Labute approximate surface area is 213 Å². The van der Waals surface area contributed by atoms with Crippen molar-refractivity contribution < 1.29 is 13.2 Å². The summed E-state index contributed by atoms with van der Waals surface area (Å²) in [5.41, 5.74) is 4.29. The molecule has 36 heavy (non-hydrogen) atoms. The van der Waals surface area contributed by atoms with Crippen LogP contribution in [-0.2, 0) is 27.9 Å². The topological polar surface area (TPSA) is 57.7 Å². The lowest BCUT2D eigenvalue weighted by Gasteiger charge is -2.29. The first-order chi connectivity index (χ1) is 17.3. The third-order valence-corrected chi connectivity index (χ3v) is 7.75. The lowest BCUT2D eigenvalue weighted by atomic mass is 10.1. The molecule has 0 unspecified atom stereocenters. The molecule has 0 saturated carbocycles. The molecule has 6 heteroatoms. The van der Waals surface area contributed by atoms with Gasteiger partial charge in [0.15, 0.2) is 0 Å². The van der Waals surface area contributed by atoms with Gasteiger partial charge >= 0.3 is 0 Å². The van der Waals surface area contributed by atoms with Gasteiger partial charge in [0.1, 0.15) is 6.54 Å². The largest absolute Gasteiger partial charge is 0.332 e. The van der Waals surface area contributed by atoms with Crippen LogP contribution in [0.4, 0.5) is 5.69 Å². The molecule has 184 valence electrons. The standard InChI is InChI=1S/C30H30N2O3S/c1-24-16-18-29(19-17-24)36(34,35)32(28-15-9-10-25(2)20-28)23-30(33)31(21-26-11-5-3-6-12-26)22-27-13-7-4-8-14-27/h3-20H,21-23H2,1-2H3. The fourth-order valence-electron chi connectivity index (χ4n) is 4.00. The number of carbonyl (C=O) groups excluding carboxylic acids is 1. The van der Waals surface area contributed by atoms with Gasteiger partial charge in [-0.15, -0.1) is 0 Å². The third-order valence-electron chi connectivity index (χ3n) is 5.96. The molecule has 0 aromatic heterocycles. The Balaban J connectivity index is 1.70. The highest BCUT2D eigenvalue weighted by molar-refractivity contribution is 7.92. The predicted octanol–water partition coefficient (Wildman–Crippen LogP) is 5.73. The lowest BCUT2D eigenvalue weighted by Crippen LogP contribution is -2.42. The summed E-state index contributed by atoms with van der Waals surface area (Å²) < 4.78 is 28.8. The van der Waals surface area contributed by atoms with E-state index in [1.54, 1.807) is 47.4 Å². The van der Waals surface area contributed by atoms with Crippen LogP contribution in [0.3, 0.4) is 0 Å². The minimum absolute atomic E-state index is 0.153. The Morgan fingerprint density at radius 3 is 1.75 bits per heavy atom. The quantitative estimate of drug-likeness (QED) is 0.296. The van der Waals surface area contributed by atoms with Gasteiger partial charge in [-0.1, -0.05) is 90.5 Å². The Kier molecular flexibility index (Phi) is 7.86. The van der Waals surface area contributed by atoms with Gasteiger partial charge in [-0.2, -0.15) is 0 Å². The van der Waals surface area contributed by atoms with E-state index in [2.05, 4.69) is 0 Å². The normalized spacial score (nSPS) is 11.2. The van der Waals surface area contributed by atoms with Crippen molar-refractivity contribution in [3.8, 4) is 0 Å². The maximum absolute atomic E-state index is 13.8. The van der Waals surface area contributed by atoms with E-state index < -0.39 is 10.0 Å². The summed E-state index contributed by atoms with van der Waals surface area (Å²) >= 11 is 0. The van der Waals surface area contributed by atoms with Gasteiger partial charge in [-0.05, 0) is 54.8 Å². The van der Waals surface area contributed by atoms with Crippen LogP contribution in [0.2, 0.25) is 0 Å². The lowest BCUT2D eigenvalue weighted by molar-refractivity contribution is -0.130. The molecule has 0 N–H and O–H groups in total. The summed E-state index contributed by atoms with van der Waals surface area (Å²) in [6.07, 6.45) is 0. The highest BCUT2D eigenvalue weighted by atomic mass is 32.2. The van der Waals surface area contributed by atoms with Gasteiger partial charge in [0.25, 0.3) is 10.0 Å². The van der Waals surface area contributed by atoms with Crippen molar-refractivity contribution in [1.82, 2.24) is 4.90 Å². The van der Waals surface area contributed by atoms with E-state index >= 15 is 0 Å². The molecule has 4 aromatic carbocycles. The fourth-order valence-corrected chi connectivity index (χ4v) is 5.40. The summed E-state index contributed by atoms with van der Waals surface area (Å²) in [5.74, 6) is -0.278. The maximum atomic E-state index is 13.8. The van der Waals surface area contributed by atoms with Crippen molar-refractivity contribution in [3.63, 3.8) is 0 Å². The highest BCUT2D eigenvalue weighted by Crippen LogP contribution is 2.25. The average molecular weight is 499 g/mol. The highest BCUT2D eigenvalue weighted by Gasteiger charge is 2.29. The van der Waals surface area contributed by atoms with E-state index in [4.69, 9.17) is 0 Å². The zero-order valence-corrected chi connectivity index (χ0v) is 21.4. The van der Waals surface area contributed by atoms with Crippen LogP contribution in [-0.4, -0.2) is 25.8 Å². The van der Waals surface area contributed by atoms with E-state index in [-0.39, 0.29) is 17.3 Å². The predicted molar refractivity (Wildman–Crippen MR) is 144 cm³/mol. The van der Waals surface area contributed by atoms with E-state index in [0.717, 1.165) is 22.3 Å². The molecular formula is C30H30N2O3S. The van der Waals surface area contributed by atoms with Gasteiger partial charge in [0, 0.05) is 13.1 Å². The van der Waals surface area contributed by atoms with Crippen molar-refractivity contribution in [2.75, 3.05) is 10.8 Å². The molecule has 4 rings (SSSR count). The molecule has 0 fully saturated rings. The summed E-state index contributed by atoms with van der Waals surface area (Å²) in [4.78, 5) is 15.6. The molecule has 0 aliphatic carbocycles. The first kappa shape index (κ1) is 25.2. The number of hydrogen-bond acceptors (Lipinski definition) is 3.